The summed E-state index contributed by atoms with van der Waals surface area (Å²) < 4.78 is 0. The molecule has 0 aliphatic heterocycles. The van der Waals surface area contributed by atoms with E-state index in [1.54, 1.807) is 0 Å². The lowest BCUT2D eigenvalue weighted by Gasteiger charge is -2.46. The van der Waals surface area contributed by atoms with Crippen molar-refractivity contribution in [2.75, 3.05) is 25.5 Å². The van der Waals surface area contributed by atoms with Crippen molar-refractivity contribution in [2.45, 2.75) is 51.2 Å². The van der Waals surface area contributed by atoms with E-state index in [0.717, 1.165) is 25.1 Å². The number of nitrogens with zero attached hydrogens (tertiary/aromatic N) is 1. The second-order valence-corrected chi connectivity index (χ2v) is 10.1. The molecule has 194 valence electrons. The third-order valence-electron chi connectivity index (χ3n) is 7.62. The summed E-state index contributed by atoms with van der Waals surface area (Å²) in [5.74, 6) is -6.21. The Morgan fingerprint density at radius 1 is 1.22 bits per heavy atom. The molecule has 4 rings (SSSR count). The van der Waals surface area contributed by atoms with Crippen LogP contribution in [0.3, 0.4) is 0 Å². The van der Waals surface area contributed by atoms with Crippen LogP contribution in [-0.4, -0.2) is 64.1 Å². The molecule has 3 aliphatic carbocycles. The number of carbonyl (C=O) groups excluding carboxylic acids is 3. The van der Waals surface area contributed by atoms with Crippen LogP contribution in [0, 0.1) is 11.8 Å². The minimum Gasteiger partial charge on any atom is -0.508 e. The van der Waals surface area contributed by atoms with Crippen LogP contribution in [0.1, 0.15) is 49.3 Å². The Morgan fingerprint density at radius 3 is 2.53 bits per heavy atom. The van der Waals surface area contributed by atoms with Gasteiger partial charge in [0.05, 0.1) is 5.56 Å². The van der Waals surface area contributed by atoms with Crippen molar-refractivity contribution in [3.63, 3.8) is 0 Å². The van der Waals surface area contributed by atoms with E-state index in [9.17, 15) is 34.8 Å². The Bertz CT molecular complexity index is 1220. The lowest BCUT2D eigenvalue weighted by Crippen LogP contribution is -2.58. The number of aliphatic hydroxyl groups excluding tert-OH is 2. The van der Waals surface area contributed by atoms with Crippen LogP contribution in [-0.2, 0) is 27.3 Å². The second-order valence-electron chi connectivity index (χ2n) is 10.1. The zero-order chi connectivity index (χ0) is 26.5. The number of ketones is 2. The smallest absolute Gasteiger partial charge is 0.255 e. The highest BCUT2D eigenvalue weighted by atomic mass is 16.3. The number of hydrogen-bond acceptors (Lipinski definition) is 9. The Hall–Kier alpha value is -3.37. The van der Waals surface area contributed by atoms with E-state index in [-0.39, 0.29) is 36.1 Å². The summed E-state index contributed by atoms with van der Waals surface area (Å²) in [4.78, 5) is 39.8. The number of amides is 1. The molecule has 7 N–H and O–H groups in total. The number of unbranched alkanes of at least 4 members (excludes halogenated alkanes) is 1. The number of aromatic hydroxyl groups is 1. The zero-order valence-electron chi connectivity index (χ0n) is 20.7. The minimum atomic E-state index is -2.56. The van der Waals surface area contributed by atoms with E-state index >= 15 is 0 Å². The average molecular weight is 500 g/mol. The lowest BCUT2D eigenvalue weighted by molar-refractivity contribution is -0.147. The van der Waals surface area contributed by atoms with Gasteiger partial charge >= 0.3 is 0 Å². The molecule has 10 heteroatoms. The number of benzene rings is 1. The van der Waals surface area contributed by atoms with Crippen LogP contribution >= 0.6 is 0 Å². The maximum absolute atomic E-state index is 13.7. The van der Waals surface area contributed by atoms with Gasteiger partial charge in [-0.05, 0) is 43.4 Å². The predicted octanol–water partition coefficient (Wildman–Crippen LogP) is 1.38. The van der Waals surface area contributed by atoms with Crippen molar-refractivity contribution < 1.29 is 34.8 Å². The fourth-order valence-corrected chi connectivity index (χ4v) is 5.78. The van der Waals surface area contributed by atoms with Crippen molar-refractivity contribution in [1.29, 1.82) is 0 Å². The Labute approximate surface area is 209 Å². The summed E-state index contributed by atoms with van der Waals surface area (Å²) in [6.07, 6.45) is 2.02. The second kappa shape index (κ2) is 9.25. The van der Waals surface area contributed by atoms with Gasteiger partial charge in [-0.25, -0.2) is 0 Å². The van der Waals surface area contributed by atoms with Gasteiger partial charge in [0.2, 0.25) is 5.78 Å². The van der Waals surface area contributed by atoms with Crippen molar-refractivity contribution in [3.05, 3.63) is 39.7 Å². The standard InChI is InChI=1S/C26H33N3O7/c1-4-5-6-28-11-13-9-16(29(2)3)15-8-12-7-14-10-17(30)20(25(27)35)24(34)26(14,36)23(33)18(12)22(32)19(15)21(13)31/h9,12,14,28,31-32,34,36H,4-8,10-11H2,1-3H3,(H2,27,35)/t12-,14+,26+/m1/s1. The molecule has 1 aromatic carbocycles. The van der Waals surface area contributed by atoms with Gasteiger partial charge in [-0.1, -0.05) is 13.3 Å². The molecule has 0 unspecified atom stereocenters. The zero-order valence-corrected chi connectivity index (χ0v) is 20.7. The summed E-state index contributed by atoms with van der Waals surface area (Å²) in [5.41, 5.74) is 3.81. The fraction of sp³-hybridized carbons (Fsp3) is 0.500. The van der Waals surface area contributed by atoms with E-state index < -0.39 is 52.0 Å². The molecule has 0 aromatic heterocycles. The molecule has 0 heterocycles. The van der Waals surface area contributed by atoms with Gasteiger partial charge in [-0.3, -0.25) is 14.4 Å². The summed E-state index contributed by atoms with van der Waals surface area (Å²) >= 11 is 0. The van der Waals surface area contributed by atoms with Crippen molar-refractivity contribution >= 4 is 28.9 Å². The number of primary amides is 1. The highest BCUT2D eigenvalue weighted by molar-refractivity contribution is 6.22. The van der Waals surface area contributed by atoms with Crippen LogP contribution in [0.4, 0.5) is 5.69 Å². The highest BCUT2D eigenvalue weighted by Gasteiger charge is 2.60. The first-order chi connectivity index (χ1) is 16.9. The molecule has 0 saturated heterocycles. The monoisotopic (exact) mass is 499 g/mol. The molecular formula is C26H33N3O7. The molecule has 0 radical (unpaired) electrons. The SMILES string of the molecule is CCCCNCc1cc(N(C)C)c2c(c1O)C(O)=C1C(=O)[C@]3(O)C(O)=C(C(N)=O)C(=O)C[C@@H]3C[C@@H]1C2. The quantitative estimate of drug-likeness (QED) is 0.239. The largest absolute Gasteiger partial charge is 0.508 e. The summed E-state index contributed by atoms with van der Waals surface area (Å²) in [6.45, 7) is 3.17. The van der Waals surface area contributed by atoms with Crippen LogP contribution in [0.2, 0.25) is 0 Å². The molecule has 36 heavy (non-hydrogen) atoms. The number of hydrogen-bond donors (Lipinski definition) is 6. The number of Topliss-reactive ketones (excluding diaryl/α,β-unsaturated/α-hetero) is 2. The van der Waals surface area contributed by atoms with Crippen molar-refractivity contribution in [2.24, 2.45) is 17.6 Å². The number of anilines is 1. The first-order valence-corrected chi connectivity index (χ1v) is 12.2. The summed E-state index contributed by atoms with van der Waals surface area (Å²) in [6, 6.07) is 1.85. The average Bonchev–Trinajstić information content (AvgIpc) is 2.79. The highest BCUT2D eigenvalue weighted by Crippen LogP contribution is 2.53. The van der Waals surface area contributed by atoms with E-state index in [4.69, 9.17) is 5.73 Å². The molecular weight excluding hydrogens is 466 g/mol. The Morgan fingerprint density at radius 2 is 1.92 bits per heavy atom. The van der Waals surface area contributed by atoms with E-state index in [2.05, 4.69) is 12.2 Å². The van der Waals surface area contributed by atoms with Gasteiger partial charge < -0.3 is 36.4 Å². The summed E-state index contributed by atoms with van der Waals surface area (Å²) in [7, 11) is 3.69. The lowest BCUT2D eigenvalue weighted by atomic mass is 9.59. The number of nitrogens with two attached hydrogens (primary N) is 1. The first kappa shape index (κ1) is 25.7. The van der Waals surface area contributed by atoms with E-state index in [1.165, 1.54) is 0 Å². The first-order valence-electron chi connectivity index (χ1n) is 12.2. The van der Waals surface area contributed by atoms with Crippen molar-refractivity contribution in [1.82, 2.24) is 5.32 Å². The van der Waals surface area contributed by atoms with Gasteiger partial charge in [-0.2, -0.15) is 0 Å². The number of aliphatic hydroxyl groups is 3. The molecule has 0 bridgehead atoms. The normalized spacial score (nSPS) is 25.4. The molecule has 1 aromatic rings. The number of nitrogens with one attached hydrogen (secondary N) is 1. The molecule has 3 atom stereocenters. The van der Waals surface area contributed by atoms with Crippen LogP contribution in [0.25, 0.3) is 5.76 Å². The molecule has 3 aliphatic rings. The third-order valence-corrected chi connectivity index (χ3v) is 7.62. The van der Waals surface area contributed by atoms with Crippen LogP contribution < -0.4 is 16.0 Å². The molecule has 0 spiro atoms. The van der Waals surface area contributed by atoms with E-state index in [1.807, 2.05) is 25.1 Å². The molecule has 1 saturated carbocycles. The van der Waals surface area contributed by atoms with Crippen LogP contribution in [0.15, 0.2) is 23.0 Å². The number of carbonyl (C=O) groups is 3. The maximum atomic E-state index is 13.7. The number of fused-ring (bicyclic) bond motifs is 3. The van der Waals surface area contributed by atoms with Gasteiger partial charge in [0.1, 0.15) is 22.8 Å². The maximum Gasteiger partial charge on any atom is 0.255 e. The minimum absolute atomic E-state index is 0.108. The predicted molar refractivity (Wildman–Crippen MR) is 132 cm³/mol. The Kier molecular flexibility index (Phi) is 6.61. The van der Waals surface area contributed by atoms with Gasteiger partial charge in [0, 0.05) is 49.8 Å². The van der Waals surface area contributed by atoms with Gasteiger partial charge in [0.15, 0.2) is 11.4 Å². The van der Waals surface area contributed by atoms with Gasteiger partial charge in [-0.15, -0.1) is 0 Å². The number of phenols is 1. The molecule has 1 fully saturated rings. The fourth-order valence-electron chi connectivity index (χ4n) is 5.78. The molecule has 1 amide bonds. The number of rotatable bonds is 7. The Balaban J connectivity index is 1.87. The summed E-state index contributed by atoms with van der Waals surface area (Å²) in [5, 5.41) is 47.8. The topological polar surface area (TPSA) is 173 Å². The van der Waals surface area contributed by atoms with Crippen molar-refractivity contribution in [3.8, 4) is 5.75 Å². The number of phenolic OH excluding ortho intramolecular Hbond substituents is 1. The van der Waals surface area contributed by atoms with Crippen LogP contribution in [0.5, 0.6) is 5.75 Å². The van der Waals surface area contributed by atoms with E-state index in [0.29, 0.717) is 17.7 Å². The van der Waals surface area contributed by atoms with Gasteiger partial charge in [0.25, 0.3) is 5.91 Å². The molecule has 10 nitrogen and oxygen atoms in total. The third kappa shape index (κ3) is 3.75.